The van der Waals surface area contributed by atoms with E-state index in [4.69, 9.17) is 5.11 Å². The third-order valence-electron chi connectivity index (χ3n) is 2.55. The van der Waals surface area contributed by atoms with Crippen LogP contribution in [0.1, 0.15) is 32.6 Å². The fraction of sp³-hybridized carbons (Fsp3) is 0.583. The highest BCUT2D eigenvalue weighted by molar-refractivity contribution is 5.77. The maximum absolute atomic E-state index is 11.7. The molecule has 1 amide bonds. The van der Waals surface area contributed by atoms with Crippen LogP contribution in [0, 0.1) is 0 Å². The Balaban J connectivity index is 2.33. The van der Waals surface area contributed by atoms with Gasteiger partial charge in [0.15, 0.2) is 0 Å². The third kappa shape index (κ3) is 5.47. The van der Waals surface area contributed by atoms with Crippen molar-refractivity contribution < 1.29 is 14.7 Å². The number of carboxylic acid groups (broad SMARTS) is 1. The molecule has 6 heteroatoms. The van der Waals surface area contributed by atoms with Gasteiger partial charge in [-0.2, -0.15) is 5.10 Å². The second-order valence-corrected chi connectivity index (χ2v) is 4.17. The van der Waals surface area contributed by atoms with Gasteiger partial charge in [-0.05, 0) is 12.5 Å². The van der Waals surface area contributed by atoms with Gasteiger partial charge in [0.2, 0.25) is 5.91 Å². The van der Waals surface area contributed by atoms with Crippen molar-refractivity contribution in [3.8, 4) is 0 Å². The molecule has 0 bridgehead atoms. The lowest BCUT2D eigenvalue weighted by Gasteiger charge is -2.16. The van der Waals surface area contributed by atoms with Crippen molar-refractivity contribution in [2.75, 3.05) is 0 Å². The zero-order valence-electron chi connectivity index (χ0n) is 10.5. The van der Waals surface area contributed by atoms with E-state index in [2.05, 4.69) is 10.4 Å². The summed E-state index contributed by atoms with van der Waals surface area (Å²) in [5, 5.41) is 15.5. The molecule has 1 rings (SSSR count). The Morgan fingerprint density at radius 3 is 2.83 bits per heavy atom. The number of amides is 1. The molecule has 0 saturated carbocycles. The van der Waals surface area contributed by atoms with Gasteiger partial charge in [-0.1, -0.05) is 13.3 Å². The van der Waals surface area contributed by atoms with Crippen molar-refractivity contribution >= 4 is 11.9 Å². The number of hydrogen-bond acceptors (Lipinski definition) is 3. The van der Waals surface area contributed by atoms with E-state index in [1.807, 2.05) is 6.92 Å². The molecule has 2 N–H and O–H groups in total. The Bertz CT molecular complexity index is 376. The number of aliphatic carboxylic acids is 1. The average molecular weight is 253 g/mol. The topological polar surface area (TPSA) is 84.2 Å². The van der Waals surface area contributed by atoms with Gasteiger partial charge in [-0.15, -0.1) is 0 Å². The van der Waals surface area contributed by atoms with E-state index < -0.39 is 5.97 Å². The molecule has 0 fully saturated rings. The Morgan fingerprint density at radius 1 is 1.50 bits per heavy atom. The Kier molecular flexibility index (Phi) is 5.90. The standard InChI is InChI=1S/C12H19N3O3/c1-2-4-10(9-12(17)18)14-11(16)5-8-15-7-3-6-13-15/h3,6-7,10H,2,4-5,8-9H2,1H3,(H,14,16)(H,17,18). The highest BCUT2D eigenvalue weighted by Crippen LogP contribution is 2.02. The molecule has 0 aliphatic heterocycles. The van der Waals surface area contributed by atoms with Gasteiger partial charge >= 0.3 is 5.97 Å². The van der Waals surface area contributed by atoms with Gasteiger partial charge in [0.1, 0.15) is 0 Å². The maximum Gasteiger partial charge on any atom is 0.305 e. The lowest BCUT2D eigenvalue weighted by atomic mass is 10.1. The minimum Gasteiger partial charge on any atom is -0.481 e. The van der Waals surface area contributed by atoms with Crippen molar-refractivity contribution in [1.82, 2.24) is 15.1 Å². The summed E-state index contributed by atoms with van der Waals surface area (Å²) in [6.45, 7) is 2.47. The summed E-state index contributed by atoms with van der Waals surface area (Å²) >= 11 is 0. The molecule has 0 spiro atoms. The fourth-order valence-electron chi connectivity index (χ4n) is 1.73. The molecule has 1 heterocycles. The summed E-state index contributed by atoms with van der Waals surface area (Å²) in [5.41, 5.74) is 0. The fourth-order valence-corrected chi connectivity index (χ4v) is 1.73. The third-order valence-corrected chi connectivity index (χ3v) is 2.55. The van der Waals surface area contributed by atoms with E-state index in [0.29, 0.717) is 19.4 Å². The van der Waals surface area contributed by atoms with Crippen LogP contribution in [0.4, 0.5) is 0 Å². The van der Waals surface area contributed by atoms with E-state index in [1.54, 1.807) is 23.1 Å². The van der Waals surface area contributed by atoms with Crippen molar-refractivity contribution in [2.24, 2.45) is 0 Å². The number of carboxylic acids is 1. The van der Waals surface area contributed by atoms with Crippen LogP contribution in [0.25, 0.3) is 0 Å². The molecule has 1 atom stereocenters. The van der Waals surface area contributed by atoms with Crippen molar-refractivity contribution in [1.29, 1.82) is 0 Å². The molecule has 0 saturated heterocycles. The monoisotopic (exact) mass is 253 g/mol. The van der Waals surface area contributed by atoms with Crippen LogP contribution >= 0.6 is 0 Å². The van der Waals surface area contributed by atoms with Gasteiger partial charge in [-0.3, -0.25) is 14.3 Å². The van der Waals surface area contributed by atoms with Crippen LogP contribution in [0.2, 0.25) is 0 Å². The van der Waals surface area contributed by atoms with E-state index >= 15 is 0 Å². The van der Waals surface area contributed by atoms with Gasteiger partial charge in [0.05, 0.1) is 6.42 Å². The Morgan fingerprint density at radius 2 is 2.28 bits per heavy atom. The zero-order valence-corrected chi connectivity index (χ0v) is 10.5. The largest absolute Gasteiger partial charge is 0.481 e. The first-order chi connectivity index (χ1) is 8.61. The quantitative estimate of drug-likeness (QED) is 0.724. The van der Waals surface area contributed by atoms with Crippen molar-refractivity contribution in [3.05, 3.63) is 18.5 Å². The SMILES string of the molecule is CCCC(CC(=O)O)NC(=O)CCn1cccn1. The van der Waals surface area contributed by atoms with Gasteiger partial charge in [-0.25, -0.2) is 0 Å². The molecule has 18 heavy (non-hydrogen) atoms. The van der Waals surface area contributed by atoms with Gasteiger partial charge < -0.3 is 10.4 Å². The second-order valence-electron chi connectivity index (χ2n) is 4.17. The molecule has 0 radical (unpaired) electrons. The van der Waals surface area contributed by atoms with Crippen molar-refractivity contribution in [2.45, 2.75) is 45.2 Å². The number of nitrogens with zero attached hydrogens (tertiary/aromatic N) is 2. The highest BCUT2D eigenvalue weighted by atomic mass is 16.4. The number of aryl methyl sites for hydroxylation is 1. The molecule has 0 aliphatic carbocycles. The number of aromatic nitrogens is 2. The first-order valence-corrected chi connectivity index (χ1v) is 6.10. The summed E-state index contributed by atoms with van der Waals surface area (Å²) in [5.74, 6) is -1.02. The minimum atomic E-state index is -0.888. The van der Waals surface area contributed by atoms with E-state index in [0.717, 1.165) is 6.42 Å². The molecule has 1 aromatic rings. The van der Waals surface area contributed by atoms with Crippen LogP contribution in [-0.2, 0) is 16.1 Å². The highest BCUT2D eigenvalue weighted by Gasteiger charge is 2.14. The zero-order chi connectivity index (χ0) is 13.4. The normalized spacial score (nSPS) is 12.1. The predicted molar refractivity (Wildman–Crippen MR) is 65.9 cm³/mol. The first kappa shape index (κ1) is 14.2. The molecule has 1 unspecified atom stereocenters. The number of rotatable bonds is 8. The predicted octanol–water partition coefficient (Wildman–Crippen LogP) is 1.03. The molecular formula is C12H19N3O3. The molecular weight excluding hydrogens is 234 g/mol. The minimum absolute atomic E-state index is 0.0264. The number of hydrogen-bond donors (Lipinski definition) is 2. The van der Waals surface area contributed by atoms with Crippen LogP contribution < -0.4 is 5.32 Å². The first-order valence-electron chi connectivity index (χ1n) is 6.10. The van der Waals surface area contributed by atoms with E-state index in [9.17, 15) is 9.59 Å². The van der Waals surface area contributed by atoms with Gasteiger partial charge in [0, 0.05) is 31.4 Å². The summed E-state index contributed by atoms with van der Waals surface area (Å²) in [7, 11) is 0. The second kappa shape index (κ2) is 7.47. The maximum atomic E-state index is 11.7. The summed E-state index contributed by atoms with van der Waals surface area (Å²) in [6.07, 6.45) is 5.25. The smallest absolute Gasteiger partial charge is 0.305 e. The molecule has 100 valence electrons. The molecule has 0 aromatic carbocycles. The Hall–Kier alpha value is -1.85. The molecule has 0 aliphatic rings. The summed E-state index contributed by atoms with van der Waals surface area (Å²) in [4.78, 5) is 22.3. The van der Waals surface area contributed by atoms with Crippen LogP contribution in [-0.4, -0.2) is 32.8 Å². The number of carbonyl (C=O) groups excluding carboxylic acids is 1. The van der Waals surface area contributed by atoms with Crippen LogP contribution in [0.3, 0.4) is 0 Å². The molecule has 6 nitrogen and oxygen atoms in total. The van der Waals surface area contributed by atoms with Crippen molar-refractivity contribution in [3.63, 3.8) is 0 Å². The van der Waals surface area contributed by atoms with E-state index in [-0.39, 0.29) is 18.4 Å². The molecule has 1 aromatic heterocycles. The number of carbonyl (C=O) groups is 2. The number of nitrogens with one attached hydrogen (secondary N) is 1. The summed E-state index contributed by atoms with van der Waals surface area (Å²) < 4.78 is 1.67. The van der Waals surface area contributed by atoms with E-state index in [1.165, 1.54) is 0 Å². The van der Waals surface area contributed by atoms with Crippen LogP contribution in [0.5, 0.6) is 0 Å². The van der Waals surface area contributed by atoms with Crippen LogP contribution in [0.15, 0.2) is 18.5 Å². The lowest BCUT2D eigenvalue weighted by Crippen LogP contribution is -2.36. The lowest BCUT2D eigenvalue weighted by molar-refractivity contribution is -0.137. The van der Waals surface area contributed by atoms with Gasteiger partial charge in [0.25, 0.3) is 0 Å². The average Bonchev–Trinajstić information content (AvgIpc) is 2.78. The Labute approximate surface area is 106 Å². The summed E-state index contributed by atoms with van der Waals surface area (Å²) in [6, 6.07) is 1.51.